The second-order valence-corrected chi connectivity index (χ2v) is 7.61. The summed E-state index contributed by atoms with van der Waals surface area (Å²) in [4.78, 5) is 12.8. The average Bonchev–Trinajstić information content (AvgIpc) is 3.39. The van der Waals surface area contributed by atoms with Crippen LogP contribution in [0.4, 0.5) is 5.13 Å². The fourth-order valence-corrected chi connectivity index (χ4v) is 3.70. The second kappa shape index (κ2) is 9.32. The molecule has 30 heavy (non-hydrogen) atoms. The molecule has 4 rings (SSSR count). The van der Waals surface area contributed by atoms with Crippen LogP contribution in [0.15, 0.2) is 65.2 Å². The maximum Gasteiger partial charge on any atom is 0.263 e. The number of hydrogen-bond donors (Lipinski definition) is 1. The first-order chi connectivity index (χ1) is 14.7. The molecule has 2 aromatic carbocycles. The Kier molecular flexibility index (Phi) is 6.14. The van der Waals surface area contributed by atoms with Gasteiger partial charge in [-0.1, -0.05) is 65.0 Å². The quantitative estimate of drug-likeness (QED) is 0.413. The molecule has 0 aliphatic carbocycles. The number of nitrogens with one attached hydrogen (secondary N) is 1. The van der Waals surface area contributed by atoms with Gasteiger partial charge in [-0.2, -0.15) is 0 Å². The molecular formula is C22H20N4O3S. The molecule has 1 N–H and O–H groups in total. The molecule has 2 heterocycles. The van der Waals surface area contributed by atoms with Gasteiger partial charge in [-0.25, -0.2) is 0 Å². The van der Waals surface area contributed by atoms with Gasteiger partial charge in [0.25, 0.3) is 5.91 Å². The van der Waals surface area contributed by atoms with Gasteiger partial charge in [-0.05, 0) is 25.5 Å². The summed E-state index contributed by atoms with van der Waals surface area (Å²) in [5.41, 5.74) is 1.72. The minimum Gasteiger partial charge on any atom is -0.494 e. The highest BCUT2D eigenvalue weighted by molar-refractivity contribution is 7.15. The normalized spacial score (nSPS) is 10.7. The Balaban J connectivity index is 1.35. The van der Waals surface area contributed by atoms with Crippen LogP contribution >= 0.6 is 11.3 Å². The number of rotatable bonds is 8. The second-order valence-electron chi connectivity index (χ2n) is 6.55. The third-order valence-electron chi connectivity index (χ3n) is 4.37. The molecule has 0 saturated carbocycles. The highest BCUT2D eigenvalue weighted by atomic mass is 32.1. The lowest BCUT2D eigenvalue weighted by molar-refractivity contribution is 0.102. The van der Waals surface area contributed by atoms with E-state index >= 15 is 0 Å². The van der Waals surface area contributed by atoms with Gasteiger partial charge in [0.2, 0.25) is 5.13 Å². The van der Waals surface area contributed by atoms with Crippen molar-refractivity contribution >= 4 is 22.4 Å². The fourth-order valence-electron chi connectivity index (χ4n) is 2.93. The predicted molar refractivity (Wildman–Crippen MR) is 115 cm³/mol. The monoisotopic (exact) mass is 420 g/mol. The van der Waals surface area contributed by atoms with Crippen LogP contribution in [-0.4, -0.2) is 27.9 Å². The van der Waals surface area contributed by atoms with Gasteiger partial charge in [0, 0.05) is 12.0 Å². The Labute approximate surface area is 177 Å². The van der Waals surface area contributed by atoms with Crippen molar-refractivity contribution in [3.05, 3.63) is 77.0 Å². The van der Waals surface area contributed by atoms with E-state index < -0.39 is 0 Å². The van der Waals surface area contributed by atoms with E-state index in [9.17, 15) is 4.79 Å². The predicted octanol–water partition coefficient (Wildman–Crippen LogP) is 4.77. The Morgan fingerprint density at radius 1 is 1.07 bits per heavy atom. The van der Waals surface area contributed by atoms with Crippen molar-refractivity contribution in [2.24, 2.45) is 0 Å². The molecule has 4 aromatic rings. The van der Waals surface area contributed by atoms with E-state index in [1.54, 1.807) is 6.92 Å². The van der Waals surface area contributed by atoms with Gasteiger partial charge in [0.1, 0.15) is 27.8 Å². The minimum absolute atomic E-state index is 0.317. The summed E-state index contributed by atoms with van der Waals surface area (Å²) in [7, 11) is 0. The number of carbonyl (C=O) groups excluding carboxylic acids is 1. The van der Waals surface area contributed by atoms with E-state index in [1.807, 2.05) is 60.7 Å². The molecule has 0 aliphatic rings. The number of ether oxygens (including phenoxy) is 1. The van der Waals surface area contributed by atoms with Gasteiger partial charge in [0.15, 0.2) is 0 Å². The van der Waals surface area contributed by atoms with Crippen LogP contribution < -0.4 is 10.1 Å². The van der Waals surface area contributed by atoms with Crippen LogP contribution in [-0.2, 0) is 6.42 Å². The lowest BCUT2D eigenvalue weighted by atomic mass is 10.1. The smallest absolute Gasteiger partial charge is 0.263 e. The summed E-state index contributed by atoms with van der Waals surface area (Å²) >= 11 is 1.35. The number of para-hydroxylation sites is 1. The molecule has 2 aromatic heterocycles. The number of nitrogens with zero attached hydrogens (tertiary/aromatic N) is 3. The number of hydrogen-bond acceptors (Lipinski definition) is 7. The third kappa shape index (κ3) is 4.72. The largest absolute Gasteiger partial charge is 0.494 e. The van der Waals surface area contributed by atoms with Crippen molar-refractivity contribution in [1.82, 2.24) is 15.4 Å². The first-order valence-corrected chi connectivity index (χ1v) is 10.4. The van der Waals surface area contributed by atoms with Crippen LogP contribution in [0.1, 0.15) is 27.5 Å². The van der Waals surface area contributed by atoms with Crippen LogP contribution in [0.5, 0.6) is 5.75 Å². The van der Waals surface area contributed by atoms with Gasteiger partial charge >= 0.3 is 0 Å². The lowest BCUT2D eigenvalue weighted by Crippen LogP contribution is -2.13. The van der Waals surface area contributed by atoms with E-state index in [0.29, 0.717) is 28.8 Å². The van der Waals surface area contributed by atoms with Gasteiger partial charge in [-0.15, -0.1) is 10.2 Å². The minimum atomic E-state index is -0.317. The zero-order chi connectivity index (χ0) is 20.8. The van der Waals surface area contributed by atoms with E-state index in [-0.39, 0.29) is 5.91 Å². The molecule has 0 radical (unpaired) electrons. The molecule has 7 nitrogen and oxygen atoms in total. The third-order valence-corrected chi connectivity index (χ3v) is 5.27. The lowest BCUT2D eigenvalue weighted by Gasteiger charge is -2.04. The van der Waals surface area contributed by atoms with E-state index in [4.69, 9.17) is 9.26 Å². The van der Waals surface area contributed by atoms with Gasteiger partial charge in [0.05, 0.1) is 6.61 Å². The fraction of sp³-hybridized carbons (Fsp3) is 0.182. The highest BCUT2D eigenvalue weighted by Crippen LogP contribution is 2.26. The maximum atomic E-state index is 12.8. The first kappa shape index (κ1) is 19.8. The Hall–Kier alpha value is -3.52. The number of anilines is 1. The maximum absolute atomic E-state index is 12.8. The Bertz CT molecular complexity index is 1110. The van der Waals surface area contributed by atoms with Gasteiger partial charge in [-0.3, -0.25) is 10.1 Å². The topological polar surface area (TPSA) is 90.1 Å². The molecule has 0 spiro atoms. The molecule has 8 heteroatoms. The van der Waals surface area contributed by atoms with Crippen LogP contribution in [0.3, 0.4) is 0 Å². The van der Waals surface area contributed by atoms with Crippen molar-refractivity contribution in [3.63, 3.8) is 0 Å². The number of carbonyl (C=O) groups is 1. The van der Waals surface area contributed by atoms with Crippen molar-refractivity contribution in [1.29, 1.82) is 0 Å². The van der Waals surface area contributed by atoms with E-state index in [0.717, 1.165) is 29.2 Å². The summed E-state index contributed by atoms with van der Waals surface area (Å²) in [6, 6.07) is 19.1. The SMILES string of the molecule is Cc1onc(-c2ccccc2)c1C(=O)Nc1nnc(CCCOc2ccccc2)s1. The van der Waals surface area contributed by atoms with Crippen LogP contribution in [0.25, 0.3) is 11.3 Å². The molecule has 0 saturated heterocycles. The summed E-state index contributed by atoms with van der Waals surface area (Å²) in [6.07, 6.45) is 1.53. The first-order valence-electron chi connectivity index (χ1n) is 9.54. The van der Waals surface area contributed by atoms with Gasteiger partial charge < -0.3 is 9.26 Å². The molecular weight excluding hydrogens is 400 g/mol. The molecule has 0 atom stereocenters. The standard InChI is InChI=1S/C22H20N4O3S/c1-15-19(20(26-29-15)16-9-4-2-5-10-16)21(27)23-22-25-24-18(30-22)13-8-14-28-17-11-6-3-7-12-17/h2-7,9-12H,8,13-14H2,1H3,(H,23,25,27). The summed E-state index contributed by atoms with van der Waals surface area (Å²) in [5.74, 6) is 0.984. The number of amides is 1. The van der Waals surface area contributed by atoms with Crippen molar-refractivity contribution < 1.29 is 14.1 Å². The molecule has 0 aliphatic heterocycles. The van der Waals surface area contributed by atoms with E-state index in [2.05, 4.69) is 20.7 Å². The van der Waals surface area contributed by atoms with E-state index in [1.165, 1.54) is 11.3 Å². The average molecular weight is 420 g/mol. The van der Waals surface area contributed by atoms with Crippen molar-refractivity contribution in [3.8, 4) is 17.0 Å². The molecule has 152 valence electrons. The Morgan fingerprint density at radius 2 is 1.80 bits per heavy atom. The zero-order valence-corrected chi connectivity index (χ0v) is 17.2. The summed E-state index contributed by atoms with van der Waals surface area (Å²) in [6.45, 7) is 2.30. The highest BCUT2D eigenvalue weighted by Gasteiger charge is 2.22. The molecule has 1 amide bonds. The van der Waals surface area contributed by atoms with Crippen molar-refractivity contribution in [2.45, 2.75) is 19.8 Å². The zero-order valence-electron chi connectivity index (χ0n) is 16.4. The van der Waals surface area contributed by atoms with Crippen molar-refractivity contribution in [2.75, 3.05) is 11.9 Å². The summed E-state index contributed by atoms with van der Waals surface area (Å²) in [5, 5.41) is 16.4. The molecule has 0 fully saturated rings. The molecule has 0 unspecified atom stereocenters. The number of aryl methyl sites for hydroxylation is 2. The van der Waals surface area contributed by atoms with Crippen LogP contribution in [0.2, 0.25) is 0 Å². The number of benzene rings is 2. The van der Waals surface area contributed by atoms with Crippen LogP contribution in [0, 0.1) is 6.92 Å². The summed E-state index contributed by atoms with van der Waals surface area (Å²) < 4.78 is 10.9. The number of aromatic nitrogens is 3. The molecule has 0 bridgehead atoms. The Morgan fingerprint density at radius 3 is 2.57 bits per heavy atom.